The second-order valence-corrected chi connectivity index (χ2v) is 7.22. The number of benzene rings is 1. The van der Waals surface area contributed by atoms with E-state index in [4.69, 9.17) is 0 Å². The number of thioether (sulfide) groups is 1. The number of hydrogen-bond acceptors (Lipinski definition) is 5. The Hall–Kier alpha value is -2.87. The van der Waals surface area contributed by atoms with E-state index in [0.717, 1.165) is 12.1 Å². The van der Waals surface area contributed by atoms with E-state index in [9.17, 15) is 9.59 Å². The first-order chi connectivity index (χ1) is 13.5. The van der Waals surface area contributed by atoms with Crippen molar-refractivity contribution in [2.24, 2.45) is 7.05 Å². The Morgan fingerprint density at radius 2 is 1.89 bits per heavy atom. The van der Waals surface area contributed by atoms with E-state index < -0.39 is 0 Å². The van der Waals surface area contributed by atoms with Crippen molar-refractivity contribution in [2.45, 2.75) is 32.0 Å². The molecule has 3 rings (SSSR count). The molecule has 1 aromatic carbocycles. The van der Waals surface area contributed by atoms with Crippen LogP contribution in [0, 0.1) is 0 Å². The molecule has 2 heterocycles. The molecule has 2 aromatic heterocycles. The molecule has 146 valence electrons. The molecule has 0 radical (unpaired) electrons. The molecule has 0 aliphatic heterocycles. The number of amides is 1. The van der Waals surface area contributed by atoms with Crippen LogP contribution in [0.1, 0.15) is 19.4 Å². The van der Waals surface area contributed by atoms with Crippen molar-refractivity contribution < 1.29 is 4.79 Å². The summed E-state index contributed by atoms with van der Waals surface area (Å²) in [5, 5.41) is 11.9. The maximum atomic E-state index is 12.4. The van der Waals surface area contributed by atoms with Crippen LogP contribution in [0.25, 0.3) is 11.4 Å². The average molecular weight is 398 g/mol. The largest absolute Gasteiger partial charge is 0.325 e. The minimum absolute atomic E-state index is 0.114. The summed E-state index contributed by atoms with van der Waals surface area (Å²) in [6.07, 6.45) is 2.66. The third kappa shape index (κ3) is 4.33. The quantitative estimate of drug-likeness (QED) is 0.620. The minimum Gasteiger partial charge on any atom is -0.325 e. The monoisotopic (exact) mass is 397 g/mol. The zero-order valence-corrected chi connectivity index (χ0v) is 17.0. The Bertz CT molecular complexity index is 1020. The number of carbonyl (C=O) groups excluding carboxylic acids is 1. The second kappa shape index (κ2) is 8.88. The van der Waals surface area contributed by atoms with Crippen LogP contribution >= 0.6 is 11.8 Å². The average Bonchev–Trinajstić information content (AvgIpc) is 3.11. The standard InChI is InChI=1S/C20H23N5O2S/c1-4-14-8-10-15(11-9-14)21-17(26)13-28-20-23-22-18(25(20)5-2)16-7-6-12-24(3)19(16)27/h6-12H,4-5,13H2,1-3H3,(H,21,26). The summed E-state index contributed by atoms with van der Waals surface area (Å²) in [4.78, 5) is 24.6. The molecule has 0 unspecified atom stereocenters. The van der Waals surface area contributed by atoms with Crippen LogP contribution in [-0.4, -0.2) is 31.0 Å². The first-order valence-electron chi connectivity index (χ1n) is 9.14. The molecule has 0 saturated carbocycles. The van der Waals surface area contributed by atoms with Crippen LogP contribution in [0.5, 0.6) is 0 Å². The van der Waals surface area contributed by atoms with Gasteiger partial charge in [-0.2, -0.15) is 0 Å². The molecule has 1 amide bonds. The Morgan fingerprint density at radius 3 is 2.57 bits per heavy atom. The van der Waals surface area contributed by atoms with Crippen LogP contribution < -0.4 is 10.9 Å². The molecular weight excluding hydrogens is 374 g/mol. The zero-order chi connectivity index (χ0) is 20.1. The second-order valence-electron chi connectivity index (χ2n) is 6.28. The number of nitrogens with zero attached hydrogens (tertiary/aromatic N) is 4. The van der Waals surface area contributed by atoms with Crippen LogP contribution in [-0.2, 0) is 24.8 Å². The van der Waals surface area contributed by atoms with Crippen molar-refractivity contribution in [3.05, 3.63) is 58.5 Å². The topological polar surface area (TPSA) is 81.8 Å². The highest BCUT2D eigenvalue weighted by atomic mass is 32.2. The van der Waals surface area contributed by atoms with Crippen molar-refractivity contribution in [1.82, 2.24) is 19.3 Å². The molecule has 0 aliphatic carbocycles. The molecule has 0 saturated heterocycles. The van der Waals surface area contributed by atoms with E-state index in [2.05, 4.69) is 22.4 Å². The zero-order valence-electron chi connectivity index (χ0n) is 16.2. The number of anilines is 1. The van der Waals surface area contributed by atoms with Gasteiger partial charge in [-0.15, -0.1) is 10.2 Å². The highest BCUT2D eigenvalue weighted by Crippen LogP contribution is 2.22. The van der Waals surface area contributed by atoms with Gasteiger partial charge in [-0.3, -0.25) is 9.59 Å². The number of carbonyl (C=O) groups is 1. The molecule has 1 N–H and O–H groups in total. The van der Waals surface area contributed by atoms with Crippen molar-refractivity contribution in [1.29, 1.82) is 0 Å². The van der Waals surface area contributed by atoms with E-state index in [1.54, 1.807) is 25.4 Å². The SMILES string of the molecule is CCc1ccc(NC(=O)CSc2nnc(-c3cccn(C)c3=O)n2CC)cc1. The summed E-state index contributed by atoms with van der Waals surface area (Å²) in [6, 6.07) is 11.3. The minimum atomic E-state index is -0.130. The van der Waals surface area contributed by atoms with E-state index >= 15 is 0 Å². The lowest BCUT2D eigenvalue weighted by atomic mass is 10.1. The van der Waals surface area contributed by atoms with Gasteiger partial charge in [0.2, 0.25) is 5.91 Å². The Kier molecular flexibility index (Phi) is 6.30. The summed E-state index contributed by atoms with van der Waals surface area (Å²) in [5.41, 5.74) is 2.36. The summed E-state index contributed by atoms with van der Waals surface area (Å²) < 4.78 is 3.36. The van der Waals surface area contributed by atoms with Gasteiger partial charge in [0.05, 0.1) is 11.3 Å². The van der Waals surface area contributed by atoms with Gasteiger partial charge in [-0.1, -0.05) is 30.8 Å². The van der Waals surface area contributed by atoms with Gasteiger partial charge in [-0.25, -0.2) is 0 Å². The van der Waals surface area contributed by atoms with Gasteiger partial charge < -0.3 is 14.5 Å². The molecular formula is C20H23N5O2S. The van der Waals surface area contributed by atoms with Crippen LogP contribution in [0.3, 0.4) is 0 Å². The maximum Gasteiger partial charge on any atom is 0.261 e. The highest BCUT2D eigenvalue weighted by molar-refractivity contribution is 7.99. The van der Waals surface area contributed by atoms with Gasteiger partial charge in [-0.05, 0) is 43.2 Å². The fourth-order valence-electron chi connectivity index (χ4n) is 2.80. The summed E-state index contributed by atoms with van der Waals surface area (Å²) in [6.45, 7) is 4.65. The Morgan fingerprint density at radius 1 is 1.14 bits per heavy atom. The van der Waals surface area contributed by atoms with E-state index in [1.807, 2.05) is 35.8 Å². The van der Waals surface area contributed by atoms with Gasteiger partial charge in [0.25, 0.3) is 5.56 Å². The first kappa shape index (κ1) is 19.9. The van der Waals surface area contributed by atoms with E-state index in [0.29, 0.717) is 23.1 Å². The molecule has 3 aromatic rings. The molecule has 28 heavy (non-hydrogen) atoms. The summed E-state index contributed by atoms with van der Waals surface area (Å²) in [5.74, 6) is 0.610. The number of rotatable bonds is 7. The number of aryl methyl sites for hydroxylation is 2. The fourth-order valence-corrected chi connectivity index (χ4v) is 3.60. The molecule has 7 nitrogen and oxygen atoms in total. The lowest BCUT2D eigenvalue weighted by Gasteiger charge is -2.08. The fraction of sp³-hybridized carbons (Fsp3) is 0.300. The van der Waals surface area contributed by atoms with Gasteiger partial charge in [0.1, 0.15) is 0 Å². The van der Waals surface area contributed by atoms with E-state index in [-0.39, 0.29) is 17.2 Å². The third-order valence-corrected chi connectivity index (χ3v) is 5.34. The maximum absolute atomic E-state index is 12.4. The smallest absolute Gasteiger partial charge is 0.261 e. The predicted molar refractivity (Wildman–Crippen MR) is 112 cm³/mol. The molecule has 8 heteroatoms. The van der Waals surface area contributed by atoms with Crippen LogP contribution in [0.4, 0.5) is 5.69 Å². The molecule has 0 aliphatic rings. The van der Waals surface area contributed by atoms with Crippen LogP contribution in [0.2, 0.25) is 0 Å². The number of hydrogen-bond donors (Lipinski definition) is 1. The first-order valence-corrected chi connectivity index (χ1v) is 10.1. The molecule has 0 spiro atoms. The van der Waals surface area contributed by atoms with E-state index in [1.165, 1.54) is 21.9 Å². The van der Waals surface area contributed by atoms with Gasteiger partial charge in [0.15, 0.2) is 11.0 Å². The lowest BCUT2D eigenvalue weighted by molar-refractivity contribution is -0.113. The molecule has 0 atom stereocenters. The normalized spacial score (nSPS) is 10.8. The van der Waals surface area contributed by atoms with Crippen molar-refractivity contribution in [2.75, 3.05) is 11.1 Å². The summed E-state index contributed by atoms with van der Waals surface area (Å²) in [7, 11) is 1.70. The third-order valence-electron chi connectivity index (χ3n) is 4.38. The predicted octanol–water partition coefficient (Wildman–Crippen LogP) is 2.96. The van der Waals surface area contributed by atoms with Crippen LogP contribution in [0.15, 0.2) is 52.5 Å². The van der Waals surface area contributed by atoms with Crippen molar-refractivity contribution in [3.8, 4) is 11.4 Å². The molecule has 0 bridgehead atoms. The van der Waals surface area contributed by atoms with Crippen molar-refractivity contribution in [3.63, 3.8) is 0 Å². The van der Waals surface area contributed by atoms with Gasteiger partial charge in [0, 0.05) is 25.5 Å². The highest BCUT2D eigenvalue weighted by Gasteiger charge is 2.17. The number of nitrogens with one attached hydrogen (secondary N) is 1. The van der Waals surface area contributed by atoms with Gasteiger partial charge >= 0.3 is 0 Å². The number of pyridine rings is 1. The molecule has 0 fully saturated rings. The lowest BCUT2D eigenvalue weighted by Crippen LogP contribution is -2.19. The number of aromatic nitrogens is 4. The van der Waals surface area contributed by atoms with Crippen molar-refractivity contribution >= 4 is 23.4 Å². The Balaban J connectivity index is 1.71. The summed E-state index contributed by atoms with van der Waals surface area (Å²) >= 11 is 1.30. The Labute approximate surface area is 167 Å².